The average molecular weight is 396 g/mol. The molecule has 6 heteroatoms. The van der Waals surface area contributed by atoms with E-state index in [1.54, 1.807) is 13.3 Å². The van der Waals surface area contributed by atoms with E-state index in [4.69, 9.17) is 4.74 Å². The fourth-order valence-corrected chi connectivity index (χ4v) is 3.80. The number of amides is 1. The number of benzene rings is 2. The number of ether oxygens (including phenoxy) is 1. The summed E-state index contributed by atoms with van der Waals surface area (Å²) in [5.74, 6) is 0.553. The molecule has 2 aromatic carbocycles. The summed E-state index contributed by atoms with van der Waals surface area (Å²) in [6.45, 7) is 8.05. The SMILES string of the molecule is COc1ccc(C)cc1NC(=O)C(C)Sc1nccn1-c1cccc(C)c1C. The molecule has 1 N–H and O–H groups in total. The van der Waals surface area contributed by atoms with E-state index in [0.29, 0.717) is 11.4 Å². The molecule has 28 heavy (non-hydrogen) atoms. The number of carbonyl (C=O) groups excluding carboxylic acids is 1. The van der Waals surface area contributed by atoms with Crippen molar-refractivity contribution in [1.29, 1.82) is 0 Å². The van der Waals surface area contributed by atoms with Crippen LogP contribution >= 0.6 is 11.8 Å². The fourth-order valence-electron chi connectivity index (χ4n) is 2.92. The molecule has 0 saturated carbocycles. The number of thioether (sulfide) groups is 1. The van der Waals surface area contributed by atoms with E-state index in [1.165, 1.54) is 22.9 Å². The second kappa shape index (κ2) is 8.52. The largest absolute Gasteiger partial charge is 0.495 e. The van der Waals surface area contributed by atoms with Gasteiger partial charge in [0.05, 0.1) is 23.7 Å². The number of hydrogen-bond donors (Lipinski definition) is 1. The Labute approximate surface area is 170 Å². The molecular weight excluding hydrogens is 370 g/mol. The predicted octanol–water partition coefficient (Wildman–Crippen LogP) is 4.93. The highest BCUT2D eigenvalue weighted by Gasteiger charge is 2.20. The second-order valence-electron chi connectivity index (χ2n) is 6.75. The highest BCUT2D eigenvalue weighted by atomic mass is 32.2. The van der Waals surface area contributed by atoms with Gasteiger partial charge in [0.2, 0.25) is 5.91 Å². The van der Waals surface area contributed by atoms with Crippen LogP contribution in [0.4, 0.5) is 5.69 Å². The summed E-state index contributed by atoms with van der Waals surface area (Å²) in [7, 11) is 1.60. The third kappa shape index (κ3) is 4.22. The first-order valence-corrected chi connectivity index (χ1v) is 10.0. The number of aromatic nitrogens is 2. The monoisotopic (exact) mass is 395 g/mol. The summed E-state index contributed by atoms with van der Waals surface area (Å²) in [5, 5.41) is 3.43. The zero-order valence-corrected chi connectivity index (χ0v) is 17.6. The van der Waals surface area contributed by atoms with Crippen molar-refractivity contribution in [2.45, 2.75) is 38.1 Å². The summed E-state index contributed by atoms with van der Waals surface area (Å²) in [4.78, 5) is 17.2. The lowest BCUT2D eigenvalue weighted by atomic mass is 10.1. The smallest absolute Gasteiger partial charge is 0.237 e. The third-order valence-corrected chi connectivity index (χ3v) is 5.79. The lowest BCUT2D eigenvalue weighted by Crippen LogP contribution is -2.23. The van der Waals surface area contributed by atoms with Gasteiger partial charge in [0.1, 0.15) is 5.75 Å². The van der Waals surface area contributed by atoms with Crippen LogP contribution in [0.1, 0.15) is 23.6 Å². The minimum Gasteiger partial charge on any atom is -0.495 e. The van der Waals surface area contributed by atoms with Gasteiger partial charge in [0.15, 0.2) is 5.16 Å². The number of carbonyl (C=O) groups is 1. The van der Waals surface area contributed by atoms with Gasteiger partial charge in [-0.25, -0.2) is 4.98 Å². The van der Waals surface area contributed by atoms with Crippen molar-refractivity contribution in [3.63, 3.8) is 0 Å². The van der Waals surface area contributed by atoms with E-state index >= 15 is 0 Å². The summed E-state index contributed by atoms with van der Waals surface area (Å²) in [5.41, 5.74) is 5.23. The Balaban J connectivity index is 1.78. The molecule has 0 radical (unpaired) electrons. The molecule has 1 heterocycles. The fraction of sp³-hybridized carbons (Fsp3) is 0.273. The Hall–Kier alpha value is -2.73. The molecule has 3 aromatic rings. The maximum absolute atomic E-state index is 12.8. The normalized spacial score (nSPS) is 11.9. The van der Waals surface area contributed by atoms with E-state index in [1.807, 2.05) is 48.9 Å². The van der Waals surface area contributed by atoms with Crippen molar-refractivity contribution in [1.82, 2.24) is 9.55 Å². The standard InChI is InChI=1S/C22H25N3O2S/c1-14-9-10-20(27-5)18(13-14)24-21(26)17(4)28-22-23-11-12-25(22)19-8-6-7-15(2)16(19)3/h6-13,17H,1-5H3,(H,24,26). The highest BCUT2D eigenvalue weighted by Crippen LogP contribution is 2.29. The van der Waals surface area contributed by atoms with Crippen LogP contribution in [0.15, 0.2) is 53.9 Å². The van der Waals surface area contributed by atoms with Crippen molar-refractivity contribution >= 4 is 23.4 Å². The molecule has 1 aromatic heterocycles. The van der Waals surface area contributed by atoms with Crippen LogP contribution in [0.3, 0.4) is 0 Å². The van der Waals surface area contributed by atoms with Crippen LogP contribution in [0, 0.1) is 20.8 Å². The van der Waals surface area contributed by atoms with Crippen LogP contribution in [0.5, 0.6) is 5.75 Å². The number of nitrogens with one attached hydrogen (secondary N) is 1. The number of rotatable bonds is 6. The van der Waals surface area contributed by atoms with E-state index in [9.17, 15) is 4.79 Å². The zero-order valence-electron chi connectivity index (χ0n) is 16.8. The molecular formula is C22H25N3O2S. The van der Waals surface area contributed by atoms with Crippen molar-refractivity contribution in [3.8, 4) is 11.4 Å². The number of aryl methyl sites for hydroxylation is 2. The predicted molar refractivity (Wildman–Crippen MR) is 115 cm³/mol. The Morgan fingerprint density at radius 3 is 2.75 bits per heavy atom. The third-order valence-electron chi connectivity index (χ3n) is 4.71. The molecule has 0 bridgehead atoms. The van der Waals surface area contributed by atoms with E-state index < -0.39 is 0 Å². The van der Waals surface area contributed by atoms with Gasteiger partial charge in [-0.15, -0.1) is 0 Å². The van der Waals surface area contributed by atoms with Gasteiger partial charge >= 0.3 is 0 Å². The van der Waals surface area contributed by atoms with Crippen LogP contribution in [-0.4, -0.2) is 27.8 Å². The summed E-state index contributed by atoms with van der Waals surface area (Å²) < 4.78 is 7.38. The maximum Gasteiger partial charge on any atom is 0.237 e. The van der Waals surface area contributed by atoms with Gasteiger partial charge in [0.25, 0.3) is 0 Å². The minimum absolute atomic E-state index is 0.0931. The van der Waals surface area contributed by atoms with E-state index in [2.05, 4.69) is 36.3 Å². The summed E-state index contributed by atoms with van der Waals surface area (Å²) >= 11 is 1.43. The molecule has 1 amide bonds. The molecule has 0 fully saturated rings. The molecule has 0 aliphatic carbocycles. The first-order valence-electron chi connectivity index (χ1n) is 9.12. The summed E-state index contributed by atoms with van der Waals surface area (Å²) in [6, 6.07) is 11.9. The number of anilines is 1. The quantitative estimate of drug-likeness (QED) is 0.602. The zero-order chi connectivity index (χ0) is 20.3. The topological polar surface area (TPSA) is 56.1 Å². The summed E-state index contributed by atoms with van der Waals surface area (Å²) in [6.07, 6.45) is 3.69. The van der Waals surface area contributed by atoms with Gasteiger partial charge in [-0.1, -0.05) is 30.0 Å². The van der Waals surface area contributed by atoms with Gasteiger partial charge < -0.3 is 10.1 Å². The first-order chi connectivity index (χ1) is 13.4. The Kier molecular flexibility index (Phi) is 6.09. The number of imidazole rings is 1. The molecule has 0 aliphatic rings. The Morgan fingerprint density at radius 1 is 1.21 bits per heavy atom. The van der Waals surface area contributed by atoms with Gasteiger partial charge in [-0.3, -0.25) is 9.36 Å². The maximum atomic E-state index is 12.8. The molecule has 0 aliphatic heterocycles. The Bertz CT molecular complexity index is 997. The molecule has 3 rings (SSSR count). The van der Waals surface area contributed by atoms with Crippen LogP contribution in [0.2, 0.25) is 0 Å². The molecule has 0 saturated heterocycles. The average Bonchev–Trinajstić information content (AvgIpc) is 3.12. The lowest BCUT2D eigenvalue weighted by molar-refractivity contribution is -0.115. The van der Waals surface area contributed by atoms with Crippen molar-refractivity contribution in [3.05, 3.63) is 65.5 Å². The molecule has 146 valence electrons. The molecule has 1 unspecified atom stereocenters. The first kappa shape index (κ1) is 20.0. The molecule has 0 spiro atoms. The van der Waals surface area contributed by atoms with Crippen LogP contribution < -0.4 is 10.1 Å². The van der Waals surface area contributed by atoms with Gasteiger partial charge in [-0.2, -0.15) is 0 Å². The number of nitrogens with zero attached hydrogens (tertiary/aromatic N) is 2. The van der Waals surface area contributed by atoms with Crippen LogP contribution in [0.25, 0.3) is 5.69 Å². The Morgan fingerprint density at radius 2 is 2.00 bits per heavy atom. The van der Waals surface area contributed by atoms with Crippen LogP contribution in [-0.2, 0) is 4.79 Å². The number of hydrogen-bond acceptors (Lipinski definition) is 4. The minimum atomic E-state index is -0.323. The van der Waals surface area contributed by atoms with Gasteiger partial charge in [0, 0.05) is 12.4 Å². The van der Waals surface area contributed by atoms with Gasteiger partial charge in [-0.05, 0) is 62.6 Å². The van der Waals surface area contributed by atoms with Crippen molar-refractivity contribution < 1.29 is 9.53 Å². The van der Waals surface area contributed by atoms with Crippen molar-refractivity contribution in [2.24, 2.45) is 0 Å². The number of methoxy groups -OCH3 is 1. The lowest BCUT2D eigenvalue weighted by Gasteiger charge is -2.16. The van der Waals surface area contributed by atoms with Crippen molar-refractivity contribution in [2.75, 3.05) is 12.4 Å². The van der Waals surface area contributed by atoms with E-state index in [-0.39, 0.29) is 11.2 Å². The molecule has 5 nitrogen and oxygen atoms in total. The molecule has 1 atom stereocenters. The highest BCUT2D eigenvalue weighted by molar-refractivity contribution is 8.00. The second-order valence-corrected chi connectivity index (χ2v) is 8.06. The van der Waals surface area contributed by atoms with E-state index in [0.717, 1.165) is 16.4 Å².